The van der Waals surface area contributed by atoms with Gasteiger partial charge in [0.05, 0.1) is 6.04 Å². The van der Waals surface area contributed by atoms with Gasteiger partial charge < -0.3 is 11.1 Å². The fraction of sp³-hybridized carbons (Fsp3) is 0.611. The summed E-state index contributed by atoms with van der Waals surface area (Å²) in [6.07, 6.45) is 4.89. The predicted molar refractivity (Wildman–Crippen MR) is 89.0 cm³/mol. The third-order valence-electron chi connectivity index (χ3n) is 3.97. The maximum atomic E-state index is 12.1. The van der Waals surface area contributed by atoms with E-state index in [0.717, 1.165) is 31.2 Å². The van der Waals surface area contributed by atoms with Crippen LogP contribution in [0.15, 0.2) is 24.3 Å². The van der Waals surface area contributed by atoms with Gasteiger partial charge in [-0.05, 0) is 44.7 Å². The maximum Gasteiger partial charge on any atom is 0.220 e. The molecular formula is C18H30N2O. The molecule has 0 aromatic heterocycles. The molecule has 118 valence electrons. The summed E-state index contributed by atoms with van der Waals surface area (Å²) in [5, 5.41) is 3.09. The Morgan fingerprint density at radius 3 is 2.67 bits per heavy atom. The molecule has 21 heavy (non-hydrogen) atoms. The number of carbonyl (C=O) groups excluding carboxylic acids is 1. The number of carbonyl (C=O) groups is 1. The first-order chi connectivity index (χ1) is 10.1. The zero-order valence-corrected chi connectivity index (χ0v) is 13.7. The van der Waals surface area contributed by atoms with Crippen molar-refractivity contribution in [2.75, 3.05) is 6.54 Å². The molecule has 0 saturated carbocycles. The molecule has 0 fully saturated rings. The minimum atomic E-state index is 0.0662. The molecule has 1 amide bonds. The summed E-state index contributed by atoms with van der Waals surface area (Å²) in [5.41, 5.74) is 8.02. The summed E-state index contributed by atoms with van der Waals surface area (Å²) in [4.78, 5) is 12.1. The molecule has 3 N–H and O–H groups in total. The van der Waals surface area contributed by atoms with Crippen LogP contribution in [0.5, 0.6) is 0 Å². The van der Waals surface area contributed by atoms with Crippen molar-refractivity contribution in [3.63, 3.8) is 0 Å². The Hall–Kier alpha value is -1.35. The van der Waals surface area contributed by atoms with Crippen LogP contribution < -0.4 is 11.1 Å². The van der Waals surface area contributed by atoms with Gasteiger partial charge in [-0.1, -0.05) is 49.6 Å². The van der Waals surface area contributed by atoms with Crippen LogP contribution in [0.1, 0.15) is 63.1 Å². The van der Waals surface area contributed by atoms with E-state index in [1.807, 2.05) is 13.0 Å². The van der Waals surface area contributed by atoms with Crippen LogP contribution in [0.2, 0.25) is 0 Å². The third-order valence-corrected chi connectivity index (χ3v) is 3.97. The Kier molecular flexibility index (Phi) is 8.06. The molecule has 2 atom stereocenters. The average Bonchev–Trinajstić information content (AvgIpc) is 2.45. The molecule has 1 unspecified atom stereocenters. The van der Waals surface area contributed by atoms with Gasteiger partial charge in [0, 0.05) is 6.42 Å². The van der Waals surface area contributed by atoms with Crippen molar-refractivity contribution in [2.45, 2.75) is 58.9 Å². The Balaban J connectivity index is 2.42. The zero-order valence-electron chi connectivity index (χ0n) is 13.7. The predicted octanol–water partition coefficient (Wildman–Crippen LogP) is 3.72. The summed E-state index contributed by atoms with van der Waals surface area (Å²) < 4.78 is 0. The summed E-state index contributed by atoms with van der Waals surface area (Å²) in [6.45, 7) is 7.01. The van der Waals surface area contributed by atoms with Gasteiger partial charge in [-0.2, -0.15) is 0 Å². The van der Waals surface area contributed by atoms with Crippen molar-refractivity contribution >= 4 is 5.91 Å². The first kappa shape index (κ1) is 17.7. The summed E-state index contributed by atoms with van der Waals surface area (Å²) >= 11 is 0. The van der Waals surface area contributed by atoms with E-state index in [0.29, 0.717) is 18.9 Å². The normalized spacial score (nSPS) is 13.7. The zero-order chi connectivity index (χ0) is 15.7. The molecule has 0 spiro atoms. The molecule has 3 nitrogen and oxygen atoms in total. The highest BCUT2D eigenvalue weighted by molar-refractivity contribution is 5.76. The number of hydrogen-bond acceptors (Lipinski definition) is 2. The Morgan fingerprint density at radius 2 is 2.05 bits per heavy atom. The van der Waals surface area contributed by atoms with Crippen LogP contribution in [-0.4, -0.2) is 12.5 Å². The van der Waals surface area contributed by atoms with E-state index < -0.39 is 0 Å². The van der Waals surface area contributed by atoms with E-state index in [-0.39, 0.29) is 11.9 Å². The highest BCUT2D eigenvalue weighted by atomic mass is 16.1. The second kappa shape index (κ2) is 9.56. The summed E-state index contributed by atoms with van der Waals surface area (Å²) in [6, 6.07) is 8.36. The molecule has 0 aliphatic rings. The van der Waals surface area contributed by atoms with Crippen LogP contribution >= 0.6 is 0 Å². The molecule has 0 aliphatic heterocycles. The largest absolute Gasteiger partial charge is 0.350 e. The molecule has 3 heteroatoms. The number of nitrogens with two attached hydrogens (primary N) is 1. The number of benzene rings is 1. The SMILES string of the molecule is CCCC(CCN)CCC(=O)N[C@@H](C)c1cccc(C)c1. The van der Waals surface area contributed by atoms with Crippen LogP contribution in [0.4, 0.5) is 0 Å². The average molecular weight is 290 g/mol. The lowest BCUT2D eigenvalue weighted by Crippen LogP contribution is -2.27. The lowest BCUT2D eigenvalue weighted by molar-refractivity contribution is -0.122. The highest BCUT2D eigenvalue weighted by Crippen LogP contribution is 2.18. The number of aryl methyl sites for hydroxylation is 1. The standard InChI is InChI=1S/C18H30N2O/c1-4-6-16(11-12-19)9-10-18(21)20-15(3)17-8-5-7-14(2)13-17/h5,7-8,13,15-16H,4,6,9-12,19H2,1-3H3,(H,20,21)/t15-,16?/m0/s1. The maximum absolute atomic E-state index is 12.1. The first-order valence-electron chi connectivity index (χ1n) is 8.12. The van der Waals surface area contributed by atoms with E-state index in [4.69, 9.17) is 5.73 Å². The monoisotopic (exact) mass is 290 g/mol. The van der Waals surface area contributed by atoms with E-state index >= 15 is 0 Å². The molecule has 0 bridgehead atoms. The number of rotatable bonds is 9. The first-order valence-corrected chi connectivity index (χ1v) is 8.12. The van der Waals surface area contributed by atoms with E-state index in [2.05, 4.69) is 37.4 Å². The Bertz CT molecular complexity index is 425. The molecular weight excluding hydrogens is 260 g/mol. The van der Waals surface area contributed by atoms with Gasteiger partial charge in [0.2, 0.25) is 5.91 Å². The van der Waals surface area contributed by atoms with Crippen molar-refractivity contribution in [1.29, 1.82) is 0 Å². The van der Waals surface area contributed by atoms with Gasteiger partial charge in [-0.15, -0.1) is 0 Å². The van der Waals surface area contributed by atoms with Gasteiger partial charge >= 0.3 is 0 Å². The van der Waals surface area contributed by atoms with Gasteiger partial charge in [-0.25, -0.2) is 0 Å². The van der Waals surface area contributed by atoms with E-state index in [1.54, 1.807) is 0 Å². The molecule has 1 rings (SSSR count). The van der Waals surface area contributed by atoms with Crippen LogP contribution in [0.3, 0.4) is 0 Å². The second-order valence-electron chi connectivity index (χ2n) is 5.97. The lowest BCUT2D eigenvalue weighted by Gasteiger charge is -2.17. The molecule has 0 aliphatic carbocycles. The summed E-state index contributed by atoms with van der Waals surface area (Å²) in [7, 11) is 0. The highest BCUT2D eigenvalue weighted by Gasteiger charge is 2.13. The summed E-state index contributed by atoms with van der Waals surface area (Å²) in [5.74, 6) is 0.724. The van der Waals surface area contributed by atoms with E-state index in [9.17, 15) is 4.79 Å². The van der Waals surface area contributed by atoms with Crippen molar-refractivity contribution in [3.05, 3.63) is 35.4 Å². The molecule has 0 saturated heterocycles. The Labute approximate surface area is 129 Å². The molecule has 1 aromatic rings. The van der Waals surface area contributed by atoms with Crippen molar-refractivity contribution in [1.82, 2.24) is 5.32 Å². The Morgan fingerprint density at radius 1 is 1.29 bits per heavy atom. The van der Waals surface area contributed by atoms with Crippen molar-refractivity contribution < 1.29 is 4.79 Å². The number of amides is 1. The van der Waals surface area contributed by atoms with Gasteiger partial charge in [0.25, 0.3) is 0 Å². The van der Waals surface area contributed by atoms with Gasteiger partial charge in [-0.3, -0.25) is 4.79 Å². The number of nitrogens with one attached hydrogen (secondary N) is 1. The van der Waals surface area contributed by atoms with Crippen LogP contribution in [0.25, 0.3) is 0 Å². The molecule has 0 radical (unpaired) electrons. The second-order valence-corrected chi connectivity index (χ2v) is 5.97. The fourth-order valence-corrected chi connectivity index (χ4v) is 2.75. The van der Waals surface area contributed by atoms with E-state index in [1.165, 1.54) is 5.56 Å². The molecule has 1 aromatic carbocycles. The van der Waals surface area contributed by atoms with Crippen molar-refractivity contribution in [3.8, 4) is 0 Å². The third kappa shape index (κ3) is 6.76. The van der Waals surface area contributed by atoms with Crippen LogP contribution in [0, 0.1) is 12.8 Å². The number of hydrogen-bond donors (Lipinski definition) is 2. The lowest BCUT2D eigenvalue weighted by atomic mass is 9.94. The quantitative estimate of drug-likeness (QED) is 0.728. The minimum absolute atomic E-state index is 0.0662. The smallest absolute Gasteiger partial charge is 0.220 e. The van der Waals surface area contributed by atoms with Gasteiger partial charge in [0.1, 0.15) is 0 Å². The molecule has 0 heterocycles. The topological polar surface area (TPSA) is 55.1 Å². The minimum Gasteiger partial charge on any atom is -0.350 e. The fourth-order valence-electron chi connectivity index (χ4n) is 2.75. The van der Waals surface area contributed by atoms with Gasteiger partial charge in [0.15, 0.2) is 0 Å². The van der Waals surface area contributed by atoms with Crippen LogP contribution in [-0.2, 0) is 4.79 Å². The van der Waals surface area contributed by atoms with Crippen molar-refractivity contribution in [2.24, 2.45) is 11.7 Å².